The Hall–Kier alpha value is -2.44. The summed E-state index contributed by atoms with van der Waals surface area (Å²) in [6, 6.07) is 3.60. The van der Waals surface area contributed by atoms with Crippen LogP contribution < -0.4 is 19.5 Å². The normalized spacial score (nSPS) is 13.0. The lowest BCUT2D eigenvalue weighted by molar-refractivity contribution is -0.139. The molecular weight excluding hydrogens is 338 g/mol. The van der Waals surface area contributed by atoms with E-state index in [1.54, 1.807) is 19.1 Å². The molecule has 0 aliphatic heterocycles. The number of ether oxygens (including phenoxy) is 3. The van der Waals surface area contributed by atoms with Crippen LogP contribution in [0, 0.1) is 5.92 Å². The molecule has 1 aromatic carbocycles. The van der Waals surface area contributed by atoms with Gasteiger partial charge in [0.05, 0.1) is 27.8 Å². The van der Waals surface area contributed by atoms with Crippen LogP contribution in [0.4, 0.5) is 0 Å². The number of amides is 1. The molecule has 0 saturated carbocycles. The zero-order chi connectivity index (χ0) is 19.9. The van der Waals surface area contributed by atoms with E-state index in [1.165, 1.54) is 21.3 Å². The van der Waals surface area contributed by atoms with Crippen LogP contribution in [0.15, 0.2) is 12.1 Å². The monoisotopic (exact) mass is 367 g/mol. The van der Waals surface area contributed by atoms with Gasteiger partial charge in [-0.2, -0.15) is 0 Å². The number of carbonyl (C=O) groups is 2. The number of benzene rings is 1. The number of methoxy groups -OCH3 is 3. The lowest BCUT2D eigenvalue weighted by Gasteiger charge is -2.33. The number of rotatable bonds is 10. The van der Waals surface area contributed by atoms with Crippen LogP contribution in [-0.4, -0.2) is 43.9 Å². The Bertz CT molecular complexity index is 618. The molecule has 0 aromatic heterocycles. The van der Waals surface area contributed by atoms with Crippen molar-refractivity contribution in [3.63, 3.8) is 0 Å². The van der Waals surface area contributed by atoms with Crippen LogP contribution in [0.25, 0.3) is 0 Å². The summed E-state index contributed by atoms with van der Waals surface area (Å²) in [5.74, 6) is 0.406. The number of hydrogen-bond donors (Lipinski definition) is 2. The van der Waals surface area contributed by atoms with Crippen molar-refractivity contribution in [3.05, 3.63) is 17.7 Å². The first kappa shape index (κ1) is 21.6. The fourth-order valence-electron chi connectivity index (χ4n) is 2.63. The number of carboxylic acid groups (broad SMARTS) is 1. The van der Waals surface area contributed by atoms with E-state index in [-0.39, 0.29) is 24.7 Å². The molecule has 26 heavy (non-hydrogen) atoms. The molecule has 1 atom stereocenters. The van der Waals surface area contributed by atoms with E-state index < -0.39 is 11.5 Å². The molecule has 0 radical (unpaired) electrons. The quantitative estimate of drug-likeness (QED) is 0.660. The first-order chi connectivity index (χ1) is 12.2. The van der Waals surface area contributed by atoms with Gasteiger partial charge in [0.2, 0.25) is 11.7 Å². The van der Waals surface area contributed by atoms with E-state index in [2.05, 4.69) is 5.32 Å². The molecule has 0 aliphatic rings. The van der Waals surface area contributed by atoms with Gasteiger partial charge in [-0.15, -0.1) is 0 Å². The van der Waals surface area contributed by atoms with Crippen LogP contribution in [0.2, 0.25) is 0 Å². The van der Waals surface area contributed by atoms with E-state index in [9.17, 15) is 9.59 Å². The summed E-state index contributed by atoms with van der Waals surface area (Å²) in [6.45, 7) is 5.54. The van der Waals surface area contributed by atoms with Crippen molar-refractivity contribution in [3.8, 4) is 17.2 Å². The summed E-state index contributed by atoms with van der Waals surface area (Å²) in [6.07, 6.45) is 0.560. The summed E-state index contributed by atoms with van der Waals surface area (Å²) in [4.78, 5) is 23.4. The van der Waals surface area contributed by atoms with Crippen LogP contribution >= 0.6 is 0 Å². The number of aliphatic carboxylic acids is 1. The second-order valence-corrected chi connectivity index (χ2v) is 6.72. The van der Waals surface area contributed by atoms with Gasteiger partial charge in [-0.3, -0.25) is 9.59 Å². The number of carbonyl (C=O) groups excluding carboxylic acids is 1. The minimum atomic E-state index is -0.939. The third-order valence-electron chi connectivity index (χ3n) is 4.58. The minimum absolute atomic E-state index is 0.0104. The predicted octanol–water partition coefficient (Wildman–Crippen LogP) is 2.65. The molecular formula is C19H29NO6. The van der Waals surface area contributed by atoms with E-state index in [1.807, 2.05) is 13.8 Å². The average Bonchev–Trinajstić information content (AvgIpc) is 2.57. The van der Waals surface area contributed by atoms with Gasteiger partial charge in [0.25, 0.3) is 0 Å². The maximum absolute atomic E-state index is 12.4. The van der Waals surface area contributed by atoms with E-state index in [4.69, 9.17) is 19.3 Å². The van der Waals surface area contributed by atoms with Crippen LogP contribution in [-0.2, 0) is 16.0 Å². The molecule has 0 heterocycles. The zero-order valence-electron chi connectivity index (χ0n) is 16.3. The van der Waals surface area contributed by atoms with Gasteiger partial charge in [0.1, 0.15) is 0 Å². The van der Waals surface area contributed by atoms with Crippen molar-refractivity contribution < 1.29 is 28.9 Å². The first-order valence-corrected chi connectivity index (χ1v) is 8.48. The van der Waals surface area contributed by atoms with E-state index in [0.29, 0.717) is 23.7 Å². The molecule has 0 spiro atoms. The topological polar surface area (TPSA) is 94.1 Å². The largest absolute Gasteiger partial charge is 0.493 e. The summed E-state index contributed by atoms with van der Waals surface area (Å²) in [5, 5.41) is 12.0. The molecule has 1 rings (SSSR count). The Morgan fingerprint density at radius 3 is 2.04 bits per heavy atom. The molecule has 7 heteroatoms. The van der Waals surface area contributed by atoms with Crippen LogP contribution in [0.5, 0.6) is 17.2 Å². The highest BCUT2D eigenvalue weighted by molar-refractivity contribution is 5.78. The Balaban J connectivity index is 2.85. The van der Waals surface area contributed by atoms with Crippen molar-refractivity contribution in [2.24, 2.45) is 5.92 Å². The fourth-order valence-corrected chi connectivity index (χ4v) is 2.63. The zero-order valence-corrected chi connectivity index (χ0v) is 16.3. The summed E-state index contributed by atoms with van der Waals surface area (Å²) in [7, 11) is 4.60. The summed E-state index contributed by atoms with van der Waals surface area (Å²) >= 11 is 0. The van der Waals surface area contributed by atoms with Gasteiger partial charge < -0.3 is 24.6 Å². The molecule has 1 amide bonds. The van der Waals surface area contributed by atoms with Gasteiger partial charge in [0.15, 0.2) is 11.5 Å². The Labute approximate surface area is 154 Å². The lowest BCUT2D eigenvalue weighted by Crippen LogP contribution is -2.51. The number of hydrogen-bond acceptors (Lipinski definition) is 5. The highest BCUT2D eigenvalue weighted by atomic mass is 16.5. The Morgan fingerprint density at radius 2 is 1.65 bits per heavy atom. The van der Waals surface area contributed by atoms with Gasteiger partial charge >= 0.3 is 5.97 Å². The smallest absolute Gasteiger partial charge is 0.305 e. The second-order valence-electron chi connectivity index (χ2n) is 6.72. The molecule has 0 fully saturated rings. The number of carboxylic acids is 1. The van der Waals surface area contributed by atoms with Gasteiger partial charge in [-0.1, -0.05) is 13.8 Å². The lowest BCUT2D eigenvalue weighted by atomic mass is 9.85. The average molecular weight is 367 g/mol. The highest BCUT2D eigenvalue weighted by Gasteiger charge is 2.32. The third-order valence-corrected chi connectivity index (χ3v) is 4.58. The number of aryl methyl sites for hydroxylation is 1. The Kier molecular flexibility index (Phi) is 7.74. The molecule has 0 bridgehead atoms. The molecule has 0 saturated heterocycles. The molecule has 146 valence electrons. The molecule has 7 nitrogen and oxygen atoms in total. The van der Waals surface area contributed by atoms with Crippen molar-refractivity contribution in [1.82, 2.24) is 5.32 Å². The van der Waals surface area contributed by atoms with Gasteiger partial charge in [-0.05, 0) is 37.0 Å². The van der Waals surface area contributed by atoms with Crippen LogP contribution in [0.3, 0.4) is 0 Å². The van der Waals surface area contributed by atoms with E-state index >= 15 is 0 Å². The van der Waals surface area contributed by atoms with Gasteiger partial charge in [-0.25, -0.2) is 0 Å². The van der Waals surface area contributed by atoms with Crippen molar-refractivity contribution in [2.45, 2.75) is 45.6 Å². The standard InChI is InChI=1S/C19H29NO6/c1-12(2)19(3,11-17(22)23)20-16(21)8-7-13-9-14(24-4)18(26-6)15(10-13)25-5/h9-10,12H,7-8,11H2,1-6H3,(H,20,21)(H,22,23). The van der Waals surface area contributed by atoms with Gasteiger partial charge in [0, 0.05) is 12.0 Å². The van der Waals surface area contributed by atoms with Crippen molar-refractivity contribution in [1.29, 1.82) is 0 Å². The minimum Gasteiger partial charge on any atom is -0.493 e. The van der Waals surface area contributed by atoms with E-state index in [0.717, 1.165) is 5.56 Å². The molecule has 0 aliphatic carbocycles. The maximum Gasteiger partial charge on any atom is 0.305 e. The molecule has 2 N–H and O–H groups in total. The first-order valence-electron chi connectivity index (χ1n) is 8.48. The number of nitrogens with one attached hydrogen (secondary N) is 1. The SMILES string of the molecule is COc1cc(CCC(=O)NC(C)(CC(=O)O)C(C)C)cc(OC)c1OC. The van der Waals surface area contributed by atoms with Crippen LogP contribution in [0.1, 0.15) is 39.2 Å². The third kappa shape index (κ3) is 5.54. The highest BCUT2D eigenvalue weighted by Crippen LogP contribution is 2.38. The Morgan fingerprint density at radius 1 is 1.12 bits per heavy atom. The molecule has 1 aromatic rings. The second kappa shape index (κ2) is 9.31. The summed E-state index contributed by atoms with van der Waals surface area (Å²) in [5.41, 5.74) is 0.0669. The predicted molar refractivity (Wildman–Crippen MR) is 98.1 cm³/mol. The fraction of sp³-hybridized carbons (Fsp3) is 0.579. The molecule has 1 unspecified atom stereocenters. The maximum atomic E-state index is 12.4. The van der Waals surface area contributed by atoms with Crippen molar-refractivity contribution in [2.75, 3.05) is 21.3 Å². The summed E-state index contributed by atoms with van der Waals surface area (Å²) < 4.78 is 15.9. The van der Waals surface area contributed by atoms with Crippen molar-refractivity contribution >= 4 is 11.9 Å².